The van der Waals surface area contributed by atoms with Crippen LogP contribution in [0, 0.1) is 0 Å². The van der Waals surface area contributed by atoms with E-state index in [0.717, 1.165) is 12.1 Å². The molecule has 1 aromatic carbocycles. The molecule has 0 atom stereocenters. The van der Waals surface area contributed by atoms with E-state index in [0.29, 0.717) is 0 Å². The molecule has 0 unspecified atom stereocenters. The zero-order valence-electron chi connectivity index (χ0n) is 10.6. The van der Waals surface area contributed by atoms with Crippen LogP contribution in [0.15, 0.2) is 24.3 Å². The van der Waals surface area contributed by atoms with Crippen molar-refractivity contribution in [2.24, 2.45) is 0 Å². The largest absolute Gasteiger partial charge is 0.416 e. The van der Waals surface area contributed by atoms with Crippen molar-refractivity contribution >= 4 is 5.91 Å². The molecule has 0 aromatic heterocycles. The van der Waals surface area contributed by atoms with Gasteiger partial charge in [0.25, 0.3) is 0 Å². The lowest BCUT2D eigenvalue weighted by Gasteiger charge is -2.10. The van der Waals surface area contributed by atoms with Crippen molar-refractivity contribution in [3.05, 3.63) is 35.4 Å². The molecule has 0 heterocycles. The lowest BCUT2D eigenvalue weighted by molar-refractivity contribution is -0.137. The summed E-state index contributed by atoms with van der Waals surface area (Å²) in [4.78, 5) is 11.1. The first-order valence-electron chi connectivity index (χ1n) is 5.78. The van der Waals surface area contributed by atoms with E-state index < -0.39 is 36.9 Å². The van der Waals surface area contributed by atoms with Crippen LogP contribution in [0.1, 0.15) is 11.1 Å². The van der Waals surface area contributed by atoms with Crippen molar-refractivity contribution in [3.63, 3.8) is 0 Å². The highest BCUT2D eigenvalue weighted by molar-refractivity contribution is 5.78. The van der Waals surface area contributed by atoms with E-state index in [1.54, 1.807) is 5.32 Å². The second-order valence-corrected chi connectivity index (χ2v) is 4.19. The number of amides is 1. The average molecular weight is 314 g/mol. The van der Waals surface area contributed by atoms with Gasteiger partial charge >= 0.3 is 12.4 Å². The van der Waals surface area contributed by atoms with Crippen LogP contribution in [0.5, 0.6) is 0 Å². The van der Waals surface area contributed by atoms with Crippen molar-refractivity contribution < 1.29 is 31.1 Å². The van der Waals surface area contributed by atoms with Gasteiger partial charge in [0.1, 0.15) is 6.54 Å². The van der Waals surface area contributed by atoms with Gasteiger partial charge in [-0.3, -0.25) is 4.79 Å². The van der Waals surface area contributed by atoms with Crippen LogP contribution in [0.3, 0.4) is 0 Å². The summed E-state index contributed by atoms with van der Waals surface area (Å²) >= 11 is 0. The summed E-state index contributed by atoms with van der Waals surface area (Å²) in [5, 5.41) is 4.11. The Bertz CT molecular complexity index is 483. The molecule has 1 aromatic rings. The molecule has 0 aliphatic rings. The number of halogens is 6. The van der Waals surface area contributed by atoms with Gasteiger partial charge in [-0.05, 0) is 11.6 Å². The Hall–Kier alpha value is -1.77. The van der Waals surface area contributed by atoms with E-state index in [1.807, 2.05) is 0 Å². The zero-order chi connectivity index (χ0) is 16.1. The molecule has 0 bridgehead atoms. The van der Waals surface area contributed by atoms with Crippen LogP contribution in [-0.4, -0.2) is 25.2 Å². The lowest BCUT2D eigenvalue weighted by Crippen LogP contribution is -2.39. The SMILES string of the molecule is O=C(CNCc1cccc(C(F)(F)F)c1)NCC(F)(F)F. The number of nitrogens with one attached hydrogen (secondary N) is 2. The van der Waals surface area contributed by atoms with Crippen LogP contribution < -0.4 is 10.6 Å². The quantitative estimate of drug-likeness (QED) is 0.820. The molecule has 0 aliphatic carbocycles. The summed E-state index contributed by atoms with van der Waals surface area (Å²) in [7, 11) is 0. The van der Waals surface area contributed by atoms with Crippen molar-refractivity contribution in [1.29, 1.82) is 0 Å². The summed E-state index contributed by atoms with van der Waals surface area (Å²) in [6.07, 6.45) is -8.98. The fraction of sp³-hybridized carbons (Fsp3) is 0.417. The Kier molecular flexibility index (Phi) is 5.59. The van der Waals surface area contributed by atoms with Crippen LogP contribution in [0.2, 0.25) is 0 Å². The van der Waals surface area contributed by atoms with Gasteiger partial charge in [-0.2, -0.15) is 26.3 Å². The molecule has 0 fully saturated rings. The first kappa shape index (κ1) is 17.3. The molecule has 0 saturated carbocycles. The normalized spacial score (nSPS) is 12.3. The number of rotatable bonds is 5. The van der Waals surface area contributed by atoms with Gasteiger partial charge in [0, 0.05) is 6.54 Å². The van der Waals surface area contributed by atoms with Gasteiger partial charge in [-0.25, -0.2) is 0 Å². The molecule has 21 heavy (non-hydrogen) atoms. The highest BCUT2D eigenvalue weighted by atomic mass is 19.4. The predicted molar refractivity (Wildman–Crippen MR) is 62.2 cm³/mol. The second kappa shape index (κ2) is 6.79. The number of carbonyl (C=O) groups is 1. The number of benzene rings is 1. The molecule has 9 heteroatoms. The second-order valence-electron chi connectivity index (χ2n) is 4.19. The predicted octanol–water partition coefficient (Wildman–Crippen LogP) is 2.47. The summed E-state index contributed by atoms with van der Waals surface area (Å²) in [5.41, 5.74) is -0.559. The van der Waals surface area contributed by atoms with Gasteiger partial charge in [0.2, 0.25) is 5.91 Å². The maximum atomic E-state index is 12.4. The molecular formula is C12H12F6N2O. The van der Waals surface area contributed by atoms with Crippen molar-refractivity contribution in [1.82, 2.24) is 10.6 Å². The van der Waals surface area contributed by atoms with Crippen LogP contribution in [0.4, 0.5) is 26.3 Å². The van der Waals surface area contributed by atoms with Gasteiger partial charge in [-0.1, -0.05) is 18.2 Å². The van der Waals surface area contributed by atoms with E-state index in [4.69, 9.17) is 0 Å². The molecule has 3 nitrogen and oxygen atoms in total. The van der Waals surface area contributed by atoms with E-state index in [1.165, 1.54) is 12.1 Å². The Morgan fingerprint density at radius 3 is 2.33 bits per heavy atom. The third-order valence-electron chi connectivity index (χ3n) is 2.35. The van der Waals surface area contributed by atoms with Crippen LogP contribution in [-0.2, 0) is 17.5 Å². The number of carbonyl (C=O) groups excluding carboxylic acids is 1. The van der Waals surface area contributed by atoms with Crippen LogP contribution in [0.25, 0.3) is 0 Å². The number of alkyl halides is 6. The highest BCUT2D eigenvalue weighted by Gasteiger charge is 2.30. The molecular weight excluding hydrogens is 302 g/mol. The fourth-order valence-corrected chi connectivity index (χ4v) is 1.44. The Labute approximate surface area is 116 Å². The van der Waals surface area contributed by atoms with Crippen LogP contribution >= 0.6 is 0 Å². The molecule has 0 aliphatic heterocycles. The van der Waals surface area contributed by atoms with Gasteiger partial charge in [-0.15, -0.1) is 0 Å². The first-order valence-corrected chi connectivity index (χ1v) is 5.78. The summed E-state index contributed by atoms with van der Waals surface area (Å²) < 4.78 is 72.8. The summed E-state index contributed by atoms with van der Waals surface area (Å²) in [5.74, 6) is -0.890. The minimum absolute atomic E-state index is 0.0661. The van der Waals surface area contributed by atoms with E-state index >= 15 is 0 Å². The fourth-order valence-electron chi connectivity index (χ4n) is 1.44. The van der Waals surface area contributed by atoms with E-state index in [2.05, 4.69) is 5.32 Å². The maximum absolute atomic E-state index is 12.4. The van der Waals surface area contributed by atoms with Gasteiger partial charge in [0.05, 0.1) is 12.1 Å². The van der Waals surface area contributed by atoms with E-state index in [9.17, 15) is 31.1 Å². The summed E-state index contributed by atoms with van der Waals surface area (Å²) in [6.45, 7) is -1.94. The number of hydrogen-bond acceptors (Lipinski definition) is 2. The molecule has 1 amide bonds. The number of hydrogen-bond donors (Lipinski definition) is 2. The molecule has 0 radical (unpaired) electrons. The minimum Gasteiger partial charge on any atom is -0.346 e. The Morgan fingerprint density at radius 1 is 1.10 bits per heavy atom. The lowest BCUT2D eigenvalue weighted by atomic mass is 10.1. The monoisotopic (exact) mass is 314 g/mol. The third kappa shape index (κ3) is 6.98. The standard InChI is InChI=1S/C12H12F6N2O/c13-11(14,15)7-20-10(21)6-19-5-8-2-1-3-9(4-8)12(16,17)18/h1-4,19H,5-7H2,(H,20,21). The Morgan fingerprint density at radius 2 is 1.76 bits per heavy atom. The first-order chi connectivity index (χ1) is 9.58. The maximum Gasteiger partial charge on any atom is 0.416 e. The van der Waals surface area contributed by atoms with Crippen molar-refractivity contribution in [2.45, 2.75) is 18.9 Å². The minimum atomic E-state index is -4.50. The molecule has 2 N–H and O–H groups in total. The van der Waals surface area contributed by atoms with Crippen molar-refractivity contribution in [2.75, 3.05) is 13.1 Å². The van der Waals surface area contributed by atoms with Gasteiger partial charge in [0.15, 0.2) is 0 Å². The molecule has 118 valence electrons. The van der Waals surface area contributed by atoms with Crippen molar-refractivity contribution in [3.8, 4) is 0 Å². The summed E-state index contributed by atoms with van der Waals surface area (Å²) in [6, 6.07) is 4.43. The van der Waals surface area contributed by atoms with E-state index in [-0.39, 0.29) is 12.1 Å². The smallest absolute Gasteiger partial charge is 0.346 e. The molecule has 0 spiro atoms. The molecule has 0 saturated heterocycles. The topological polar surface area (TPSA) is 41.1 Å². The third-order valence-corrected chi connectivity index (χ3v) is 2.35. The van der Waals surface area contributed by atoms with Gasteiger partial charge < -0.3 is 10.6 Å². The zero-order valence-corrected chi connectivity index (χ0v) is 10.6. The average Bonchev–Trinajstić information content (AvgIpc) is 2.35. The Balaban J connectivity index is 2.41. The molecule has 1 rings (SSSR count). The highest BCUT2D eigenvalue weighted by Crippen LogP contribution is 2.29.